The maximum Gasteiger partial charge on any atom is 0.281 e. The lowest BCUT2D eigenvalue weighted by Gasteiger charge is -2.08. The van der Waals surface area contributed by atoms with Crippen LogP contribution in [0.5, 0.6) is 5.75 Å². The van der Waals surface area contributed by atoms with Gasteiger partial charge in [0, 0.05) is 22.6 Å². The molecule has 4 aromatic rings. The number of carbonyl (C=O) groups excluding carboxylic acids is 2. The van der Waals surface area contributed by atoms with Gasteiger partial charge in [-0.3, -0.25) is 20.4 Å². The van der Waals surface area contributed by atoms with Crippen molar-refractivity contribution in [1.29, 1.82) is 0 Å². The molecular weight excluding hydrogens is 468 g/mol. The van der Waals surface area contributed by atoms with E-state index in [0.717, 1.165) is 26.8 Å². The molecule has 2 aromatic heterocycles. The van der Waals surface area contributed by atoms with Gasteiger partial charge < -0.3 is 4.74 Å². The van der Waals surface area contributed by atoms with Crippen LogP contribution >= 0.6 is 22.7 Å². The number of hydrogen-bond donors (Lipinski definition) is 2. The van der Waals surface area contributed by atoms with Gasteiger partial charge in [0.05, 0.1) is 16.4 Å². The van der Waals surface area contributed by atoms with Gasteiger partial charge in [-0.2, -0.15) is 0 Å². The highest BCUT2D eigenvalue weighted by molar-refractivity contribution is 7.17. The number of nitrogens with one attached hydrogen (secondary N) is 2. The second-order valence-corrected chi connectivity index (χ2v) is 9.32. The Kier molecular flexibility index (Phi) is 7.46. The number of ether oxygens (including phenoxy) is 1. The topological polar surface area (TPSA) is 93.2 Å². The average molecular weight is 491 g/mol. The van der Waals surface area contributed by atoms with Crippen LogP contribution in [0.2, 0.25) is 0 Å². The van der Waals surface area contributed by atoms with Crippen molar-refractivity contribution < 1.29 is 14.3 Å². The standard InChI is InChI=1S/C25H22N4O3S2/c1-16-23(34-25(26-16)19-9-4-3-5-10-19)24(31)29-28-22(30)13-12-18-8-6-7-11-21(18)32-14-20-15-33-17(2)27-20/h3-13,15H,14H2,1-2H3,(H,28,30)(H,29,31)/b13-12+. The summed E-state index contributed by atoms with van der Waals surface area (Å²) in [6.45, 7) is 4.06. The molecule has 0 aliphatic heterocycles. The van der Waals surface area contributed by atoms with Crippen molar-refractivity contribution in [2.75, 3.05) is 0 Å². The molecule has 7 nitrogen and oxygen atoms in total. The third-order valence-electron chi connectivity index (χ3n) is 4.70. The largest absolute Gasteiger partial charge is 0.487 e. The molecule has 0 bridgehead atoms. The van der Waals surface area contributed by atoms with Crippen molar-refractivity contribution in [3.05, 3.63) is 92.9 Å². The first kappa shape index (κ1) is 23.3. The number of hydrogen-bond acceptors (Lipinski definition) is 7. The van der Waals surface area contributed by atoms with E-state index in [0.29, 0.717) is 22.9 Å². The third-order valence-corrected chi connectivity index (χ3v) is 6.73. The van der Waals surface area contributed by atoms with Gasteiger partial charge in [-0.15, -0.1) is 22.7 Å². The molecule has 9 heteroatoms. The maximum absolute atomic E-state index is 12.6. The average Bonchev–Trinajstić information content (AvgIpc) is 3.46. The van der Waals surface area contributed by atoms with Crippen LogP contribution in [-0.4, -0.2) is 21.8 Å². The third kappa shape index (κ3) is 5.94. The Morgan fingerprint density at radius 2 is 1.76 bits per heavy atom. The van der Waals surface area contributed by atoms with Crippen molar-refractivity contribution in [3.63, 3.8) is 0 Å². The minimum absolute atomic E-state index is 0.344. The Balaban J connectivity index is 1.34. The Bertz CT molecular complexity index is 1330. The molecule has 0 radical (unpaired) electrons. The lowest BCUT2D eigenvalue weighted by Crippen LogP contribution is -2.40. The fourth-order valence-electron chi connectivity index (χ4n) is 3.07. The molecule has 0 fully saturated rings. The molecule has 34 heavy (non-hydrogen) atoms. The van der Waals surface area contributed by atoms with E-state index >= 15 is 0 Å². The van der Waals surface area contributed by atoms with Crippen LogP contribution in [0.1, 0.15) is 31.6 Å². The zero-order valence-electron chi connectivity index (χ0n) is 18.6. The van der Waals surface area contributed by atoms with Gasteiger partial charge in [-0.1, -0.05) is 48.5 Å². The van der Waals surface area contributed by atoms with E-state index in [2.05, 4.69) is 20.8 Å². The fraction of sp³-hybridized carbons (Fsp3) is 0.120. The molecule has 2 aromatic carbocycles. The maximum atomic E-state index is 12.6. The number of nitrogens with zero attached hydrogens (tertiary/aromatic N) is 2. The summed E-state index contributed by atoms with van der Waals surface area (Å²) in [6, 6.07) is 17.0. The normalized spacial score (nSPS) is 10.9. The molecule has 0 saturated carbocycles. The second-order valence-electron chi connectivity index (χ2n) is 7.26. The van der Waals surface area contributed by atoms with Crippen LogP contribution < -0.4 is 15.6 Å². The molecule has 2 amide bonds. The Morgan fingerprint density at radius 1 is 1.00 bits per heavy atom. The monoisotopic (exact) mass is 490 g/mol. The predicted molar refractivity (Wildman–Crippen MR) is 135 cm³/mol. The molecule has 2 heterocycles. The first-order valence-corrected chi connectivity index (χ1v) is 12.1. The lowest BCUT2D eigenvalue weighted by molar-refractivity contribution is -0.117. The smallest absolute Gasteiger partial charge is 0.281 e. The van der Waals surface area contributed by atoms with E-state index < -0.39 is 11.8 Å². The van der Waals surface area contributed by atoms with Crippen LogP contribution in [0.4, 0.5) is 0 Å². The van der Waals surface area contributed by atoms with Gasteiger partial charge in [0.25, 0.3) is 11.8 Å². The van der Waals surface area contributed by atoms with Crippen molar-refractivity contribution in [3.8, 4) is 16.3 Å². The molecule has 0 saturated heterocycles. The number of thiazole rings is 2. The number of aromatic nitrogens is 2. The van der Waals surface area contributed by atoms with Gasteiger partial charge >= 0.3 is 0 Å². The number of rotatable bonds is 7. The first-order valence-electron chi connectivity index (χ1n) is 10.4. The van der Waals surface area contributed by atoms with Gasteiger partial charge in [-0.05, 0) is 26.0 Å². The lowest BCUT2D eigenvalue weighted by atomic mass is 10.2. The first-order chi connectivity index (χ1) is 16.5. The molecular formula is C25H22N4O3S2. The molecule has 0 aliphatic carbocycles. The Morgan fingerprint density at radius 3 is 2.53 bits per heavy atom. The number of para-hydroxylation sites is 1. The van der Waals surface area contributed by atoms with E-state index in [1.165, 1.54) is 17.4 Å². The van der Waals surface area contributed by atoms with Crippen molar-refractivity contribution >= 4 is 40.6 Å². The summed E-state index contributed by atoms with van der Waals surface area (Å²) in [5.74, 6) is -0.250. The van der Waals surface area contributed by atoms with Crippen LogP contribution in [0, 0.1) is 13.8 Å². The van der Waals surface area contributed by atoms with Crippen molar-refractivity contribution in [2.45, 2.75) is 20.5 Å². The Labute approximate surface area is 205 Å². The molecule has 172 valence electrons. The van der Waals surface area contributed by atoms with E-state index in [9.17, 15) is 9.59 Å². The minimum Gasteiger partial charge on any atom is -0.487 e. The number of benzene rings is 2. The number of carbonyl (C=O) groups is 2. The summed E-state index contributed by atoms with van der Waals surface area (Å²) in [4.78, 5) is 34.1. The van der Waals surface area contributed by atoms with Crippen LogP contribution in [0.15, 0.2) is 66.1 Å². The summed E-state index contributed by atoms with van der Waals surface area (Å²) in [6.07, 6.45) is 2.97. The Hall–Kier alpha value is -3.82. The van der Waals surface area contributed by atoms with Crippen molar-refractivity contribution in [2.24, 2.45) is 0 Å². The van der Waals surface area contributed by atoms with Gasteiger partial charge in [-0.25, -0.2) is 9.97 Å². The number of aryl methyl sites for hydroxylation is 2. The number of hydrazine groups is 1. The van der Waals surface area contributed by atoms with Crippen LogP contribution in [-0.2, 0) is 11.4 Å². The zero-order valence-corrected chi connectivity index (χ0v) is 20.2. The molecule has 0 aliphatic rings. The van der Waals surface area contributed by atoms with Crippen LogP contribution in [0.25, 0.3) is 16.6 Å². The summed E-state index contributed by atoms with van der Waals surface area (Å²) >= 11 is 2.85. The van der Waals surface area contributed by atoms with Gasteiger partial charge in [0.1, 0.15) is 22.2 Å². The molecule has 4 rings (SSSR count). The summed E-state index contributed by atoms with van der Waals surface area (Å²) in [5.41, 5.74) is 7.99. The zero-order chi connectivity index (χ0) is 23.9. The molecule has 0 unspecified atom stereocenters. The minimum atomic E-state index is -0.469. The SMILES string of the molecule is Cc1nc(COc2ccccc2/C=C/C(=O)NNC(=O)c2sc(-c3ccccc3)nc2C)cs1. The van der Waals surface area contributed by atoms with Gasteiger partial charge in [0.15, 0.2) is 0 Å². The number of amides is 2. The summed E-state index contributed by atoms with van der Waals surface area (Å²) in [7, 11) is 0. The van der Waals surface area contributed by atoms with E-state index in [1.807, 2.05) is 66.9 Å². The van der Waals surface area contributed by atoms with E-state index in [4.69, 9.17) is 4.74 Å². The summed E-state index contributed by atoms with van der Waals surface area (Å²) < 4.78 is 5.86. The fourth-order valence-corrected chi connectivity index (χ4v) is 4.63. The van der Waals surface area contributed by atoms with Crippen molar-refractivity contribution in [1.82, 2.24) is 20.8 Å². The predicted octanol–water partition coefficient (Wildman–Crippen LogP) is 4.94. The molecule has 2 N–H and O–H groups in total. The highest BCUT2D eigenvalue weighted by atomic mass is 32.1. The quantitative estimate of drug-likeness (QED) is 0.283. The van der Waals surface area contributed by atoms with E-state index in [1.54, 1.807) is 24.3 Å². The summed E-state index contributed by atoms with van der Waals surface area (Å²) in [5, 5.41) is 3.69. The highest BCUT2D eigenvalue weighted by Crippen LogP contribution is 2.27. The highest BCUT2D eigenvalue weighted by Gasteiger charge is 2.16. The van der Waals surface area contributed by atoms with E-state index in [-0.39, 0.29) is 0 Å². The molecule has 0 spiro atoms. The second kappa shape index (κ2) is 10.9. The molecule has 0 atom stereocenters. The van der Waals surface area contributed by atoms with Gasteiger partial charge in [0.2, 0.25) is 0 Å². The van der Waals surface area contributed by atoms with Crippen LogP contribution in [0.3, 0.4) is 0 Å².